The van der Waals surface area contributed by atoms with Crippen LogP contribution in [-0.2, 0) is 11.2 Å². The first-order chi connectivity index (χ1) is 8.25. The molecule has 2 aliphatic rings. The molecule has 1 fully saturated rings. The molecule has 90 valence electrons. The van der Waals surface area contributed by atoms with E-state index >= 15 is 0 Å². The molecule has 1 aromatic heterocycles. The van der Waals surface area contributed by atoms with Crippen LogP contribution in [0.15, 0.2) is 18.3 Å². The fraction of sp³-hybridized carbons (Fsp3) is 0.462. The molecular formula is C13H15IN2O. The lowest BCUT2D eigenvalue weighted by Gasteiger charge is -2.35. The summed E-state index contributed by atoms with van der Waals surface area (Å²) in [5.41, 5.74) is 3.74. The lowest BCUT2D eigenvalue weighted by atomic mass is 10.1. The Morgan fingerprint density at radius 3 is 3.24 bits per heavy atom. The SMILES string of the molecule is CC1COCCN1c1cnc2c(c1)C(I)=CC2. The molecule has 1 aromatic rings. The van der Waals surface area contributed by atoms with Gasteiger partial charge in [0.05, 0.1) is 30.8 Å². The zero-order valence-electron chi connectivity index (χ0n) is 9.82. The van der Waals surface area contributed by atoms with E-state index in [1.165, 1.54) is 20.5 Å². The average Bonchev–Trinajstić information content (AvgIpc) is 2.71. The summed E-state index contributed by atoms with van der Waals surface area (Å²) in [4.78, 5) is 6.97. The summed E-state index contributed by atoms with van der Waals surface area (Å²) in [7, 11) is 0. The highest BCUT2D eigenvalue weighted by atomic mass is 127. The van der Waals surface area contributed by atoms with Crippen LogP contribution >= 0.6 is 22.6 Å². The number of allylic oxidation sites excluding steroid dienone is 1. The summed E-state index contributed by atoms with van der Waals surface area (Å²) >= 11 is 2.39. The molecule has 4 heteroatoms. The monoisotopic (exact) mass is 342 g/mol. The number of aromatic nitrogens is 1. The van der Waals surface area contributed by atoms with Crippen LogP contribution in [0.3, 0.4) is 0 Å². The molecule has 17 heavy (non-hydrogen) atoms. The second-order valence-corrected chi connectivity index (χ2v) is 5.72. The van der Waals surface area contributed by atoms with Crippen molar-refractivity contribution in [2.24, 2.45) is 0 Å². The van der Waals surface area contributed by atoms with E-state index in [0.717, 1.165) is 26.2 Å². The van der Waals surface area contributed by atoms with Crippen molar-refractivity contribution in [3.63, 3.8) is 0 Å². The van der Waals surface area contributed by atoms with E-state index in [4.69, 9.17) is 4.74 Å². The summed E-state index contributed by atoms with van der Waals surface area (Å²) in [6.07, 6.45) is 5.22. The number of nitrogens with zero attached hydrogens (tertiary/aromatic N) is 2. The standard InChI is InChI=1S/C13H15IN2O/c1-9-8-17-5-4-16(9)10-6-11-12(14)2-3-13(11)15-7-10/h2,6-7,9H,3-5,8H2,1H3. The topological polar surface area (TPSA) is 25.4 Å². The van der Waals surface area contributed by atoms with Crippen LogP contribution < -0.4 is 4.90 Å². The summed E-state index contributed by atoms with van der Waals surface area (Å²) in [6.45, 7) is 4.79. The quantitative estimate of drug-likeness (QED) is 0.734. The van der Waals surface area contributed by atoms with Crippen molar-refractivity contribution in [1.29, 1.82) is 0 Å². The molecule has 1 atom stereocenters. The van der Waals surface area contributed by atoms with E-state index < -0.39 is 0 Å². The lowest BCUT2D eigenvalue weighted by Crippen LogP contribution is -2.43. The third-order valence-corrected chi connectivity index (χ3v) is 4.41. The van der Waals surface area contributed by atoms with Gasteiger partial charge in [0.1, 0.15) is 0 Å². The Hall–Kier alpha value is -0.620. The van der Waals surface area contributed by atoms with Crippen LogP contribution in [0.4, 0.5) is 5.69 Å². The van der Waals surface area contributed by atoms with Crippen molar-refractivity contribution >= 4 is 31.9 Å². The molecule has 3 rings (SSSR count). The van der Waals surface area contributed by atoms with E-state index in [1.54, 1.807) is 0 Å². The highest BCUT2D eigenvalue weighted by molar-refractivity contribution is 14.1. The number of pyridine rings is 1. The van der Waals surface area contributed by atoms with Gasteiger partial charge < -0.3 is 9.64 Å². The molecule has 0 saturated carbocycles. The zero-order chi connectivity index (χ0) is 11.8. The van der Waals surface area contributed by atoms with Crippen molar-refractivity contribution in [3.05, 3.63) is 29.6 Å². The molecule has 1 unspecified atom stereocenters. The van der Waals surface area contributed by atoms with E-state index in [1.807, 2.05) is 6.20 Å². The summed E-state index contributed by atoms with van der Waals surface area (Å²) in [6, 6.07) is 2.71. The third-order valence-electron chi connectivity index (χ3n) is 3.39. The maximum absolute atomic E-state index is 5.47. The minimum atomic E-state index is 0.437. The Balaban J connectivity index is 1.93. The fourth-order valence-electron chi connectivity index (χ4n) is 2.42. The number of hydrogen-bond acceptors (Lipinski definition) is 3. The van der Waals surface area contributed by atoms with E-state index in [-0.39, 0.29) is 0 Å². The van der Waals surface area contributed by atoms with Gasteiger partial charge in [-0.1, -0.05) is 6.08 Å². The molecule has 0 N–H and O–H groups in total. The van der Waals surface area contributed by atoms with Gasteiger partial charge in [-0.3, -0.25) is 4.98 Å². The van der Waals surface area contributed by atoms with Gasteiger partial charge >= 0.3 is 0 Å². The molecular weight excluding hydrogens is 327 g/mol. The highest BCUT2D eigenvalue weighted by Gasteiger charge is 2.21. The first-order valence-corrected chi connectivity index (χ1v) is 7.03. The van der Waals surface area contributed by atoms with Gasteiger partial charge in [-0.05, 0) is 35.6 Å². The van der Waals surface area contributed by atoms with Crippen LogP contribution in [0.25, 0.3) is 3.58 Å². The third kappa shape index (κ3) is 2.08. The predicted octanol–water partition coefficient (Wildman–Crippen LogP) is 2.64. The number of hydrogen-bond donors (Lipinski definition) is 0. The van der Waals surface area contributed by atoms with Crippen molar-refractivity contribution in [2.75, 3.05) is 24.7 Å². The zero-order valence-corrected chi connectivity index (χ0v) is 12.0. The number of rotatable bonds is 1. The van der Waals surface area contributed by atoms with Crippen LogP contribution in [-0.4, -0.2) is 30.8 Å². The maximum Gasteiger partial charge on any atom is 0.0668 e. The lowest BCUT2D eigenvalue weighted by molar-refractivity contribution is 0.0989. The first kappa shape index (κ1) is 11.5. The fourth-order valence-corrected chi connectivity index (χ4v) is 3.10. The summed E-state index contributed by atoms with van der Waals surface area (Å²) in [5, 5.41) is 0. The predicted molar refractivity (Wildman–Crippen MR) is 77.6 cm³/mol. The van der Waals surface area contributed by atoms with E-state index in [0.29, 0.717) is 6.04 Å². The maximum atomic E-state index is 5.47. The molecule has 0 bridgehead atoms. The minimum Gasteiger partial charge on any atom is -0.377 e. The average molecular weight is 342 g/mol. The molecule has 1 aliphatic carbocycles. The number of morpholine rings is 1. The highest BCUT2D eigenvalue weighted by Crippen LogP contribution is 2.34. The molecule has 2 heterocycles. The molecule has 3 nitrogen and oxygen atoms in total. The summed E-state index contributed by atoms with van der Waals surface area (Å²) in [5.74, 6) is 0. The van der Waals surface area contributed by atoms with Gasteiger partial charge in [-0.25, -0.2) is 0 Å². The molecule has 0 amide bonds. The molecule has 0 aromatic carbocycles. The normalized spacial score (nSPS) is 23.5. The smallest absolute Gasteiger partial charge is 0.0668 e. The van der Waals surface area contributed by atoms with Gasteiger partial charge in [-0.2, -0.15) is 0 Å². The second kappa shape index (κ2) is 4.57. The number of fused-ring (bicyclic) bond motifs is 1. The van der Waals surface area contributed by atoms with Crippen LogP contribution in [0.2, 0.25) is 0 Å². The molecule has 0 spiro atoms. The van der Waals surface area contributed by atoms with E-state index in [9.17, 15) is 0 Å². The van der Waals surface area contributed by atoms with Crippen molar-refractivity contribution < 1.29 is 4.74 Å². The van der Waals surface area contributed by atoms with Gasteiger partial charge in [0.15, 0.2) is 0 Å². The van der Waals surface area contributed by atoms with Gasteiger partial charge in [0.2, 0.25) is 0 Å². The minimum absolute atomic E-state index is 0.437. The molecule has 1 aliphatic heterocycles. The van der Waals surface area contributed by atoms with Crippen molar-refractivity contribution in [2.45, 2.75) is 19.4 Å². The Labute approximate surface area is 115 Å². The van der Waals surface area contributed by atoms with Crippen LogP contribution in [0.5, 0.6) is 0 Å². The molecule has 1 saturated heterocycles. The summed E-state index contributed by atoms with van der Waals surface area (Å²) < 4.78 is 6.80. The Bertz CT molecular complexity index is 472. The van der Waals surface area contributed by atoms with E-state index in [2.05, 4.69) is 51.5 Å². The van der Waals surface area contributed by atoms with Crippen LogP contribution in [0, 0.1) is 0 Å². The Morgan fingerprint density at radius 2 is 2.41 bits per heavy atom. The Morgan fingerprint density at radius 1 is 1.53 bits per heavy atom. The van der Waals surface area contributed by atoms with Crippen LogP contribution in [0.1, 0.15) is 18.2 Å². The molecule has 0 radical (unpaired) electrons. The number of anilines is 1. The second-order valence-electron chi connectivity index (χ2n) is 4.56. The van der Waals surface area contributed by atoms with Gasteiger partial charge in [0, 0.05) is 28.2 Å². The first-order valence-electron chi connectivity index (χ1n) is 5.95. The Kier molecular flexibility index (Phi) is 3.08. The van der Waals surface area contributed by atoms with Gasteiger partial charge in [-0.15, -0.1) is 0 Å². The largest absolute Gasteiger partial charge is 0.377 e. The number of halogens is 1. The van der Waals surface area contributed by atoms with Crippen molar-refractivity contribution in [3.8, 4) is 0 Å². The van der Waals surface area contributed by atoms with Gasteiger partial charge in [0.25, 0.3) is 0 Å². The number of ether oxygens (including phenoxy) is 1. The van der Waals surface area contributed by atoms with Crippen molar-refractivity contribution in [1.82, 2.24) is 4.98 Å².